The second kappa shape index (κ2) is 11.4. The van der Waals surface area contributed by atoms with Crippen LogP contribution in [0.5, 0.6) is 5.75 Å². The number of aromatic nitrogens is 3. The molecule has 0 fully saturated rings. The molecule has 0 bridgehead atoms. The fraction of sp³-hybridized carbons (Fsp3) is 0.111. The van der Waals surface area contributed by atoms with Gasteiger partial charge in [0.2, 0.25) is 0 Å². The Bertz CT molecular complexity index is 1690. The summed E-state index contributed by atoms with van der Waals surface area (Å²) in [6.45, 7) is 1.39. The molecule has 2 aromatic carbocycles. The van der Waals surface area contributed by atoms with Crippen LogP contribution in [0.2, 0.25) is 0 Å². The number of halogens is 5. The van der Waals surface area contributed by atoms with Crippen molar-refractivity contribution in [2.45, 2.75) is 19.7 Å². The number of carboxylic acid groups (broad SMARTS) is 1. The van der Waals surface area contributed by atoms with Gasteiger partial charge in [-0.05, 0) is 42.6 Å². The van der Waals surface area contributed by atoms with Crippen LogP contribution in [-0.4, -0.2) is 37.5 Å². The number of anilines is 1. The predicted molar refractivity (Wildman–Crippen MR) is 134 cm³/mol. The lowest BCUT2D eigenvalue weighted by Crippen LogP contribution is -2.21. The molecule has 8 nitrogen and oxygen atoms in total. The van der Waals surface area contributed by atoms with Gasteiger partial charge in [0.15, 0.2) is 11.4 Å². The summed E-state index contributed by atoms with van der Waals surface area (Å²) in [7, 11) is 0. The summed E-state index contributed by atoms with van der Waals surface area (Å²) in [5.74, 6) is -3.79. The van der Waals surface area contributed by atoms with Crippen molar-refractivity contribution in [3.05, 3.63) is 102 Å². The molecule has 0 saturated carbocycles. The highest BCUT2D eigenvalue weighted by molar-refractivity contribution is 6.08. The van der Waals surface area contributed by atoms with Crippen LogP contribution in [0.3, 0.4) is 0 Å². The number of carboxylic acids is 1. The first-order valence-corrected chi connectivity index (χ1v) is 11.5. The molecule has 5 aromatic rings. The van der Waals surface area contributed by atoms with Crippen LogP contribution in [0.1, 0.15) is 21.7 Å². The van der Waals surface area contributed by atoms with Gasteiger partial charge in [0.05, 0.1) is 11.3 Å². The molecule has 2 N–H and O–H groups in total. The number of pyridine rings is 2. The van der Waals surface area contributed by atoms with Gasteiger partial charge in [-0.1, -0.05) is 30.3 Å². The van der Waals surface area contributed by atoms with Crippen molar-refractivity contribution in [1.82, 2.24) is 14.4 Å². The normalized spacial score (nSPS) is 11.2. The smallest absolute Gasteiger partial charge is 0.485 e. The van der Waals surface area contributed by atoms with E-state index in [4.69, 9.17) is 14.6 Å². The van der Waals surface area contributed by atoms with Gasteiger partial charge >= 0.3 is 12.1 Å². The highest BCUT2D eigenvalue weighted by Crippen LogP contribution is 2.26. The van der Waals surface area contributed by atoms with Gasteiger partial charge < -0.3 is 15.2 Å². The number of ether oxygens (including phenoxy) is 1. The van der Waals surface area contributed by atoms with E-state index in [2.05, 4.69) is 15.3 Å². The van der Waals surface area contributed by atoms with Crippen molar-refractivity contribution in [2.24, 2.45) is 0 Å². The van der Waals surface area contributed by atoms with E-state index in [-0.39, 0.29) is 18.1 Å². The van der Waals surface area contributed by atoms with Crippen LogP contribution in [-0.2, 0) is 11.4 Å². The maximum absolute atomic E-state index is 14.0. The molecule has 0 saturated heterocycles. The Labute approximate surface area is 222 Å². The lowest BCUT2D eigenvalue weighted by molar-refractivity contribution is -0.192. The summed E-state index contributed by atoms with van der Waals surface area (Å²) in [5, 5.41) is 11.8. The Hall–Kier alpha value is -5.07. The number of aryl methyl sites for hydroxylation is 1. The molecule has 40 heavy (non-hydrogen) atoms. The minimum absolute atomic E-state index is 0.178. The number of alkyl halides is 3. The molecule has 3 aromatic heterocycles. The minimum Gasteiger partial charge on any atom is -0.485 e. The maximum atomic E-state index is 14.0. The number of fused-ring (bicyclic) bond motifs is 2. The number of rotatable bonds is 5. The van der Waals surface area contributed by atoms with E-state index < -0.39 is 23.8 Å². The van der Waals surface area contributed by atoms with Crippen LogP contribution < -0.4 is 10.1 Å². The van der Waals surface area contributed by atoms with E-state index in [1.54, 1.807) is 35.9 Å². The molecular weight excluding hydrogens is 539 g/mol. The molecule has 206 valence electrons. The van der Waals surface area contributed by atoms with Gasteiger partial charge in [-0.15, -0.1) is 0 Å². The number of hydrogen-bond acceptors (Lipinski definition) is 5. The first-order chi connectivity index (χ1) is 19.0. The third-order valence-electron chi connectivity index (χ3n) is 5.59. The SMILES string of the molecule is Cc1nc2c(OCc3c(F)cccc3F)cccn2c1C(=O)Nc1nccc2ccccc12.O=C(O)C(F)(F)F. The number of nitrogens with zero attached hydrogens (tertiary/aromatic N) is 3. The van der Waals surface area contributed by atoms with Crippen LogP contribution in [0, 0.1) is 18.6 Å². The number of carbonyl (C=O) groups is 2. The molecule has 5 rings (SSSR count). The first kappa shape index (κ1) is 28.0. The molecule has 0 unspecified atom stereocenters. The standard InChI is InChI=1S/C25H18F2N4O2.C2HF3O2/c1-15-22(25(32)30-23-17-7-3-2-6-16(17)11-12-28-23)31-13-5-10-21(24(31)29-15)33-14-18-19(26)8-4-9-20(18)27;3-2(4,5)1(6)7/h2-13H,14H2,1H3,(H,28,30,32);(H,6,7). The average Bonchev–Trinajstić information content (AvgIpc) is 3.25. The quantitative estimate of drug-likeness (QED) is 0.259. The van der Waals surface area contributed by atoms with E-state index in [0.717, 1.165) is 10.8 Å². The average molecular weight is 558 g/mol. The molecule has 0 aliphatic rings. The van der Waals surface area contributed by atoms with Crippen molar-refractivity contribution in [2.75, 3.05) is 5.32 Å². The number of aliphatic carboxylic acids is 1. The van der Waals surface area contributed by atoms with E-state index in [1.807, 2.05) is 30.3 Å². The summed E-state index contributed by atoms with van der Waals surface area (Å²) in [4.78, 5) is 30.8. The number of imidazole rings is 1. The first-order valence-electron chi connectivity index (χ1n) is 11.5. The van der Waals surface area contributed by atoms with Crippen molar-refractivity contribution in [3.8, 4) is 5.75 Å². The van der Waals surface area contributed by atoms with E-state index in [0.29, 0.717) is 28.6 Å². The largest absolute Gasteiger partial charge is 0.490 e. The molecule has 1 amide bonds. The summed E-state index contributed by atoms with van der Waals surface area (Å²) >= 11 is 0. The highest BCUT2D eigenvalue weighted by atomic mass is 19.4. The molecule has 0 aliphatic heterocycles. The number of hydrogen-bond donors (Lipinski definition) is 2. The monoisotopic (exact) mass is 558 g/mol. The predicted octanol–water partition coefficient (Wildman–Crippen LogP) is 5.93. The van der Waals surface area contributed by atoms with E-state index in [1.165, 1.54) is 18.2 Å². The molecule has 0 spiro atoms. The third-order valence-corrected chi connectivity index (χ3v) is 5.59. The van der Waals surface area contributed by atoms with Gasteiger partial charge in [-0.3, -0.25) is 9.20 Å². The zero-order valence-electron chi connectivity index (χ0n) is 20.5. The van der Waals surface area contributed by atoms with Crippen LogP contribution in [0.4, 0.5) is 27.8 Å². The fourth-order valence-corrected chi connectivity index (χ4v) is 3.75. The zero-order valence-corrected chi connectivity index (χ0v) is 20.5. The van der Waals surface area contributed by atoms with Crippen LogP contribution in [0.15, 0.2) is 73.1 Å². The second-order valence-electron chi connectivity index (χ2n) is 8.24. The zero-order chi connectivity index (χ0) is 29.0. The van der Waals surface area contributed by atoms with Crippen molar-refractivity contribution >= 4 is 34.1 Å². The lowest BCUT2D eigenvalue weighted by atomic mass is 10.1. The highest BCUT2D eigenvalue weighted by Gasteiger charge is 2.38. The molecule has 0 atom stereocenters. The van der Waals surface area contributed by atoms with Gasteiger partial charge in [0, 0.05) is 17.8 Å². The maximum Gasteiger partial charge on any atom is 0.490 e. The topological polar surface area (TPSA) is 106 Å². The Morgan fingerprint density at radius 3 is 2.35 bits per heavy atom. The van der Waals surface area contributed by atoms with Crippen molar-refractivity contribution in [1.29, 1.82) is 0 Å². The van der Waals surface area contributed by atoms with Crippen molar-refractivity contribution < 1.29 is 41.4 Å². The number of amides is 1. The molecule has 13 heteroatoms. The summed E-state index contributed by atoms with van der Waals surface area (Å²) in [6, 6.07) is 16.4. The number of nitrogens with one attached hydrogen (secondary N) is 1. The second-order valence-corrected chi connectivity index (χ2v) is 8.24. The summed E-state index contributed by atoms with van der Waals surface area (Å²) in [6.07, 6.45) is -1.77. The Balaban J connectivity index is 0.000000470. The van der Waals surface area contributed by atoms with Gasteiger partial charge in [0.25, 0.3) is 5.91 Å². The fourth-order valence-electron chi connectivity index (χ4n) is 3.75. The lowest BCUT2D eigenvalue weighted by Gasteiger charge is -2.10. The van der Waals surface area contributed by atoms with Crippen LogP contribution in [0.25, 0.3) is 16.4 Å². The van der Waals surface area contributed by atoms with Gasteiger partial charge in [-0.25, -0.2) is 23.5 Å². The van der Waals surface area contributed by atoms with Crippen LogP contribution >= 0.6 is 0 Å². The summed E-state index contributed by atoms with van der Waals surface area (Å²) < 4.78 is 66.9. The Morgan fingerprint density at radius 1 is 1.00 bits per heavy atom. The number of carbonyl (C=O) groups excluding carboxylic acids is 1. The Kier molecular flexibility index (Phi) is 7.93. The van der Waals surface area contributed by atoms with Crippen molar-refractivity contribution in [3.63, 3.8) is 0 Å². The number of benzene rings is 2. The van der Waals surface area contributed by atoms with Gasteiger partial charge in [-0.2, -0.15) is 13.2 Å². The molecule has 3 heterocycles. The molecule has 0 aliphatic carbocycles. The Morgan fingerprint density at radius 2 is 1.68 bits per heavy atom. The minimum atomic E-state index is -5.08. The molecule has 0 radical (unpaired) electrons. The molecular formula is C27H19F5N4O4. The van der Waals surface area contributed by atoms with E-state index in [9.17, 15) is 26.7 Å². The third kappa shape index (κ3) is 5.98. The van der Waals surface area contributed by atoms with Gasteiger partial charge in [0.1, 0.15) is 29.8 Å². The van der Waals surface area contributed by atoms with E-state index >= 15 is 0 Å². The summed E-state index contributed by atoms with van der Waals surface area (Å²) in [5.41, 5.74) is 0.966.